The second-order valence-corrected chi connectivity index (χ2v) is 7.92. The minimum Gasteiger partial charge on any atom is -0.399 e. The fourth-order valence-corrected chi connectivity index (χ4v) is 3.81. The molecule has 0 bridgehead atoms. The Kier molecular flexibility index (Phi) is 5.39. The Morgan fingerprint density at radius 1 is 1.15 bits per heavy atom. The molecule has 0 unspecified atom stereocenters. The average molecular weight is 370 g/mol. The zero-order valence-electron chi connectivity index (χ0n) is 14.6. The van der Waals surface area contributed by atoms with Crippen LogP contribution in [-0.4, -0.2) is 24.5 Å². The van der Waals surface area contributed by atoms with Crippen molar-refractivity contribution in [3.8, 4) is 11.1 Å². The van der Waals surface area contributed by atoms with Gasteiger partial charge in [0.2, 0.25) is 10.0 Å². The number of aromatic nitrogens is 2. The Morgan fingerprint density at radius 2 is 1.92 bits per heavy atom. The van der Waals surface area contributed by atoms with Crippen molar-refractivity contribution in [2.45, 2.75) is 24.8 Å². The molecule has 0 radical (unpaired) electrons. The number of hydrogen-bond donors (Lipinski definition) is 2. The molecule has 0 spiro atoms. The monoisotopic (exact) mass is 370 g/mol. The van der Waals surface area contributed by atoms with Gasteiger partial charge in [-0.25, -0.2) is 18.1 Å². The third-order valence-corrected chi connectivity index (χ3v) is 5.66. The molecule has 2 aromatic carbocycles. The normalized spacial score (nSPS) is 11.6. The van der Waals surface area contributed by atoms with Crippen LogP contribution in [0.1, 0.15) is 12.0 Å². The maximum Gasteiger partial charge on any atom is 0.240 e. The van der Waals surface area contributed by atoms with Crippen LogP contribution in [0.2, 0.25) is 0 Å². The Bertz CT molecular complexity index is 965. The van der Waals surface area contributed by atoms with Gasteiger partial charge in [-0.15, -0.1) is 0 Å². The van der Waals surface area contributed by atoms with Crippen LogP contribution in [0.4, 0.5) is 5.69 Å². The molecule has 0 atom stereocenters. The fourth-order valence-electron chi connectivity index (χ4n) is 2.73. The summed E-state index contributed by atoms with van der Waals surface area (Å²) in [5.74, 6) is 0. The minimum atomic E-state index is -3.52. The molecule has 136 valence electrons. The molecule has 0 saturated carbocycles. The number of nitrogens with one attached hydrogen (secondary N) is 1. The van der Waals surface area contributed by atoms with Crippen molar-refractivity contribution in [1.29, 1.82) is 0 Å². The number of hydrogen-bond acceptors (Lipinski definition) is 4. The van der Waals surface area contributed by atoms with Gasteiger partial charge in [0.1, 0.15) is 0 Å². The summed E-state index contributed by atoms with van der Waals surface area (Å²) < 4.78 is 29.4. The van der Waals surface area contributed by atoms with E-state index in [1.807, 2.05) is 48.0 Å². The maximum atomic E-state index is 12.4. The van der Waals surface area contributed by atoms with Gasteiger partial charge in [-0.2, -0.15) is 0 Å². The third-order valence-electron chi connectivity index (χ3n) is 4.18. The van der Waals surface area contributed by atoms with Crippen molar-refractivity contribution in [3.05, 3.63) is 66.7 Å². The van der Waals surface area contributed by atoms with Crippen LogP contribution < -0.4 is 10.5 Å². The van der Waals surface area contributed by atoms with Crippen molar-refractivity contribution in [2.75, 3.05) is 12.3 Å². The Morgan fingerprint density at radius 3 is 2.62 bits per heavy atom. The largest absolute Gasteiger partial charge is 0.399 e. The van der Waals surface area contributed by atoms with Gasteiger partial charge in [-0.05, 0) is 54.3 Å². The number of benzene rings is 2. The van der Waals surface area contributed by atoms with E-state index in [4.69, 9.17) is 5.73 Å². The molecule has 0 saturated heterocycles. The molecular formula is C19H22N4O2S. The molecule has 0 aliphatic heterocycles. The molecule has 0 fully saturated rings. The molecule has 3 aromatic rings. The number of imidazole rings is 1. The van der Waals surface area contributed by atoms with E-state index in [-0.39, 0.29) is 4.90 Å². The molecule has 7 heteroatoms. The second kappa shape index (κ2) is 7.72. The third kappa shape index (κ3) is 4.30. The van der Waals surface area contributed by atoms with E-state index in [1.165, 1.54) is 0 Å². The summed E-state index contributed by atoms with van der Waals surface area (Å²) >= 11 is 0. The maximum absolute atomic E-state index is 12.4. The van der Waals surface area contributed by atoms with E-state index in [1.54, 1.807) is 24.7 Å². The predicted molar refractivity (Wildman–Crippen MR) is 103 cm³/mol. The molecule has 3 N–H and O–H groups in total. The number of nitrogen functional groups attached to an aromatic ring is 1. The summed E-state index contributed by atoms with van der Waals surface area (Å²) in [5, 5.41) is 0. The van der Waals surface area contributed by atoms with Crippen LogP contribution in [0.5, 0.6) is 0 Å². The van der Waals surface area contributed by atoms with E-state index in [9.17, 15) is 8.42 Å². The van der Waals surface area contributed by atoms with Gasteiger partial charge in [-0.3, -0.25) is 0 Å². The lowest BCUT2D eigenvalue weighted by Crippen LogP contribution is -2.25. The van der Waals surface area contributed by atoms with Gasteiger partial charge in [0.25, 0.3) is 0 Å². The molecule has 6 nitrogen and oxygen atoms in total. The molecule has 0 amide bonds. The highest BCUT2D eigenvalue weighted by atomic mass is 32.2. The number of nitrogens with two attached hydrogens (primary N) is 1. The number of nitrogens with zero attached hydrogens (tertiary/aromatic N) is 2. The standard InChI is InChI=1S/C19H22N4O2S/c1-15-3-6-17(20)13-19(15)16-4-7-18(8-5-16)26(24,25)22-9-2-11-23-12-10-21-14-23/h3-8,10,12-14,22H,2,9,11,20H2,1H3. The van der Waals surface area contributed by atoms with Crippen LogP contribution in [-0.2, 0) is 16.6 Å². The number of anilines is 1. The van der Waals surface area contributed by atoms with E-state index < -0.39 is 10.0 Å². The summed E-state index contributed by atoms with van der Waals surface area (Å²) in [6.45, 7) is 3.09. The van der Waals surface area contributed by atoms with Gasteiger partial charge < -0.3 is 10.3 Å². The van der Waals surface area contributed by atoms with Crippen LogP contribution in [0.15, 0.2) is 66.1 Å². The fraction of sp³-hybridized carbons (Fsp3) is 0.211. The van der Waals surface area contributed by atoms with Crippen molar-refractivity contribution in [2.24, 2.45) is 0 Å². The first kappa shape index (κ1) is 18.2. The molecule has 1 heterocycles. The Hall–Kier alpha value is -2.64. The average Bonchev–Trinajstić information content (AvgIpc) is 3.14. The van der Waals surface area contributed by atoms with Crippen molar-refractivity contribution in [1.82, 2.24) is 14.3 Å². The van der Waals surface area contributed by atoms with Crippen LogP contribution in [0, 0.1) is 6.92 Å². The van der Waals surface area contributed by atoms with Gasteiger partial charge in [-0.1, -0.05) is 18.2 Å². The zero-order valence-corrected chi connectivity index (χ0v) is 15.4. The van der Waals surface area contributed by atoms with E-state index >= 15 is 0 Å². The van der Waals surface area contributed by atoms with Crippen LogP contribution >= 0.6 is 0 Å². The zero-order chi connectivity index (χ0) is 18.6. The highest BCUT2D eigenvalue weighted by Gasteiger charge is 2.13. The van der Waals surface area contributed by atoms with Crippen LogP contribution in [0.3, 0.4) is 0 Å². The molecule has 3 rings (SSSR count). The van der Waals surface area contributed by atoms with Gasteiger partial charge in [0, 0.05) is 31.2 Å². The smallest absolute Gasteiger partial charge is 0.240 e. The van der Waals surface area contributed by atoms with Gasteiger partial charge in [0.05, 0.1) is 11.2 Å². The molecule has 26 heavy (non-hydrogen) atoms. The lowest BCUT2D eigenvalue weighted by molar-refractivity contribution is 0.570. The molecule has 0 aliphatic rings. The van der Waals surface area contributed by atoms with Crippen molar-refractivity contribution in [3.63, 3.8) is 0 Å². The molecule has 1 aromatic heterocycles. The minimum absolute atomic E-state index is 0.255. The van der Waals surface area contributed by atoms with Gasteiger partial charge in [0.15, 0.2) is 0 Å². The summed E-state index contributed by atoms with van der Waals surface area (Å²) in [4.78, 5) is 4.21. The number of aryl methyl sites for hydroxylation is 2. The molecule has 0 aliphatic carbocycles. The lowest BCUT2D eigenvalue weighted by Gasteiger charge is -2.10. The Labute approximate surface area is 153 Å². The van der Waals surface area contributed by atoms with E-state index in [2.05, 4.69) is 9.71 Å². The molecular weight excluding hydrogens is 348 g/mol. The van der Waals surface area contributed by atoms with Gasteiger partial charge >= 0.3 is 0 Å². The summed E-state index contributed by atoms with van der Waals surface area (Å²) in [5.41, 5.74) is 9.57. The first-order chi connectivity index (χ1) is 12.5. The highest BCUT2D eigenvalue weighted by molar-refractivity contribution is 7.89. The summed E-state index contributed by atoms with van der Waals surface area (Å²) in [7, 11) is -3.52. The van der Waals surface area contributed by atoms with E-state index in [0.29, 0.717) is 18.7 Å². The SMILES string of the molecule is Cc1ccc(N)cc1-c1ccc(S(=O)(=O)NCCCn2ccnc2)cc1. The van der Waals surface area contributed by atoms with E-state index in [0.717, 1.165) is 23.2 Å². The topological polar surface area (TPSA) is 90.0 Å². The first-order valence-electron chi connectivity index (χ1n) is 8.38. The predicted octanol–water partition coefficient (Wildman–Crippen LogP) is 2.81. The lowest BCUT2D eigenvalue weighted by atomic mass is 10.0. The quantitative estimate of drug-likeness (QED) is 0.494. The summed E-state index contributed by atoms with van der Waals surface area (Å²) in [6, 6.07) is 12.6. The van der Waals surface area contributed by atoms with Crippen molar-refractivity contribution < 1.29 is 8.42 Å². The number of rotatable bonds is 7. The first-order valence-corrected chi connectivity index (χ1v) is 9.86. The Balaban J connectivity index is 1.65. The van der Waals surface area contributed by atoms with Crippen LogP contribution in [0.25, 0.3) is 11.1 Å². The number of sulfonamides is 1. The summed E-state index contributed by atoms with van der Waals surface area (Å²) in [6.07, 6.45) is 5.96. The van der Waals surface area contributed by atoms with Crippen molar-refractivity contribution >= 4 is 15.7 Å². The second-order valence-electron chi connectivity index (χ2n) is 6.15. The highest BCUT2D eigenvalue weighted by Crippen LogP contribution is 2.26.